The molecule has 1 aromatic carbocycles. The first-order chi connectivity index (χ1) is 6.02. The normalized spacial score (nSPS) is 14.4. The highest BCUT2D eigenvalue weighted by atomic mass is 35.5. The number of aliphatic hydroxyl groups excluding tert-OH is 1. The van der Waals surface area contributed by atoms with E-state index in [9.17, 15) is 4.39 Å². The Kier molecular flexibility index (Phi) is 5.37. The molecule has 0 aliphatic rings. The van der Waals surface area contributed by atoms with E-state index in [1.807, 2.05) is 0 Å². The zero-order valence-electron chi connectivity index (χ0n) is 7.58. The van der Waals surface area contributed by atoms with E-state index in [-0.39, 0.29) is 17.4 Å². The van der Waals surface area contributed by atoms with Crippen LogP contribution in [-0.2, 0) is 0 Å². The topological polar surface area (TPSA) is 46.2 Å². The molecule has 0 unspecified atom stereocenters. The molecule has 0 fully saturated rings. The average molecular weight is 240 g/mol. The molecular weight excluding hydrogens is 228 g/mol. The van der Waals surface area contributed by atoms with Gasteiger partial charge in [0.05, 0.1) is 17.2 Å². The molecule has 5 heteroatoms. The summed E-state index contributed by atoms with van der Waals surface area (Å²) in [4.78, 5) is 0. The van der Waals surface area contributed by atoms with Crippen molar-refractivity contribution in [3.63, 3.8) is 0 Å². The minimum absolute atomic E-state index is 0. The van der Waals surface area contributed by atoms with E-state index >= 15 is 0 Å². The lowest BCUT2D eigenvalue weighted by Gasteiger charge is -2.14. The molecule has 0 bridgehead atoms. The third kappa shape index (κ3) is 3.10. The van der Waals surface area contributed by atoms with Gasteiger partial charge in [0.1, 0.15) is 5.82 Å². The van der Waals surface area contributed by atoms with Crippen LogP contribution in [0.25, 0.3) is 0 Å². The van der Waals surface area contributed by atoms with Gasteiger partial charge in [0.15, 0.2) is 0 Å². The van der Waals surface area contributed by atoms with E-state index in [1.54, 1.807) is 13.0 Å². The van der Waals surface area contributed by atoms with Crippen LogP contribution in [0.4, 0.5) is 4.39 Å². The highest BCUT2D eigenvalue weighted by Gasteiger charge is 2.13. The molecule has 0 radical (unpaired) electrons. The SMILES string of the molecule is C[C@H](O)[C@H](N)c1ccc(Cl)c(F)c1.Cl. The maximum Gasteiger partial charge on any atom is 0.142 e. The number of aliphatic hydroxyl groups is 1. The number of hydrogen-bond donors (Lipinski definition) is 2. The van der Waals surface area contributed by atoms with Gasteiger partial charge in [-0.05, 0) is 24.6 Å². The van der Waals surface area contributed by atoms with Crippen molar-refractivity contribution in [3.05, 3.63) is 34.6 Å². The van der Waals surface area contributed by atoms with E-state index in [1.165, 1.54) is 12.1 Å². The lowest BCUT2D eigenvalue weighted by molar-refractivity contribution is 0.164. The lowest BCUT2D eigenvalue weighted by Crippen LogP contribution is -2.23. The van der Waals surface area contributed by atoms with Crippen molar-refractivity contribution in [2.24, 2.45) is 5.73 Å². The summed E-state index contributed by atoms with van der Waals surface area (Å²) < 4.78 is 12.9. The van der Waals surface area contributed by atoms with Crippen molar-refractivity contribution in [1.82, 2.24) is 0 Å². The quantitative estimate of drug-likeness (QED) is 0.832. The van der Waals surface area contributed by atoms with E-state index < -0.39 is 18.0 Å². The average Bonchev–Trinajstić information content (AvgIpc) is 2.08. The van der Waals surface area contributed by atoms with Crippen LogP contribution in [-0.4, -0.2) is 11.2 Å². The molecule has 0 aliphatic carbocycles. The first kappa shape index (κ1) is 13.7. The molecule has 0 saturated heterocycles. The zero-order valence-corrected chi connectivity index (χ0v) is 9.15. The second-order valence-electron chi connectivity index (χ2n) is 2.94. The van der Waals surface area contributed by atoms with Crippen LogP contribution in [0.1, 0.15) is 18.5 Å². The molecule has 0 amide bonds. The van der Waals surface area contributed by atoms with Crippen LogP contribution in [0.2, 0.25) is 5.02 Å². The summed E-state index contributed by atoms with van der Waals surface area (Å²) in [5.74, 6) is -0.518. The number of rotatable bonds is 2. The molecule has 0 aliphatic heterocycles. The maximum atomic E-state index is 12.9. The fraction of sp³-hybridized carbons (Fsp3) is 0.333. The second-order valence-corrected chi connectivity index (χ2v) is 3.35. The summed E-state index contributed by atoms with van der Waals surface area (Å²) in [6.07, 6.45) is -0.708. The Morgan fingerprint density at radius 3 is 2.50 bits per heavy atom. The van der Waals surface area contributed by atoms with Crippen molar-refractivity contribution < 1.29 is 9.50 Å². The molecule has 1 aromatic rings. The zero-order chi connectivity index (χ0) is 10.0. The predicted molar refractivity (Wildman–Crippen MR) is 57.3 cm³/mol. The van der Waals surface area contributed by atoms with Crippen LogP contribution in [0.5, 0.6) is 0 Å². The van der Waals surface area contributed by atoms with Gasteiger partial charge in [-0.1, -0.05) is 17.7 Å². The van der Waals surface area contributed by atoms with Crippen LogP contribution in [0, 0.1) is 5.82 Å². The minimum Gasteiger partial charge on any atom is -0.391 e. The van der Waals surface area contributed by atoms with E-state index in [2.05, 4.69) is 0 Å². The first-order valence-electron chi connectivity index (χ1n) is 3.91. The largest absolute Gasteiger partial charge is 0.391 e. The van der Waals surface area contributed by atoms with E-state index in [4.69, 9.17) is 22.4 Å². The summed E-state index contributed by atoms with van der Waals surface area (Å²) in [6.45, 7) is 1.55. The molecule has 1 rings (SSSR count). The molecule has 0 heterocycles. The number of halogens is 3. The van der Waals surface area contributed by atoms with Crippen molar-refractivity contribution in [2.45, 2.75) is 19.1 Å². The summed E-state index contributed by atoms with van der Waals surface area (Å²) in [7, 11) is 0. The first-order valence-corrected chi connectivity index (χ1v) is 4.28. The van der Waals surface area contributed by atoms with Crippen LogP contribution in [0.15, 0.2) is 18.2 Å². The number of benzene rings is 1. The van der Waals surface area contributed by atoms with Gasteiger partial charge in [0.25, 0.3) is 0 Å². The summed E-state index contributed by atoms with van der Waals surface area (Å²) in [5, 5.41) is 9.21. The van der Waals surface area contributed by atoms with Crippen LogP contribution >= 0.6 is 24.0 Å². The summed E-state index contributed by atoms with van der Waals surface area (Å²) >= 11 is 5.49. The van der Waals surface area contributed by atoms with Crippen molar-refractivity contribution >= 4 is 24.0 Å². The standard InChI is InChI=1S/C9H11ClFNO.ClH/c1-5(13)9(12)6-2-3-7(10)8(11)4-6;/h2-5,9,13H,12H2,1H3;1H/t5-,9-;/m0./s1. The molecule has 2 nitrogen and oxygen atoms in total. The Hall–Kier alpha value is -0.350. The van der Waals surface area contributed by atoms with E-state index in [0.29, 0.717) is 5.56 Å². The second kappa shape index (κ2) is 5.51. The van der Waals surface area contributed by atoms with Gasteiger partial charge in [0.2, 0.25) is 0 Å². The molecule has 3 N–H and O–H groups in total. The Morgan fingerprint density at radius 2 is 2.07 bits per heavy atom. The van der Waals surface area contributed by atoms with Crippen molar-refractivity contribution in [2.75, 3.05) is 0 Å². The fourth-order valence-corrected chi connectivity index (χ4v) is 1.12. The smallest absolute Gasteiger partial charge is 0.142 e. The molecule has 14 heavy (non-hydrogen) atoms. The summed E-state index contributed by atoms with van der Waals surface area (Å²) in [5.41, 5.74) is 6.14. The Labute approximate surface area is 93.3 Å². The van der Waals surface area contributed by atoms with Gasteiger partial charge >= 0.3 is 0 Å². The van der Waals surface area contributed by atoms with E-state index in [0.717, 1.165) is 0 Å². The molecule has 0 spiro atoms. The Balaban J connectivity index is 0.00000169. The minimum atomic E-state index is -0.708. The molecule has 2 atom stereocenters. The maximum absolute atomic E-state index is 12.9. The van der Waals surface area contributed by atoms with Crippen molar-refractivity contribution in [3.8, 4) is 0 Å². The highest BCUT2D eigenvalue weighted by molar-refractivity contribution is 6.30. The third-order valence-electron chi connectivity index (χ3n) is 1.85. The number of nitrogens with two attached hydrogens (primary N) is 1. The van der Waals surface area contributed by atoms with Gasteiger partial charge < -0.3 is 10.8 Å². The Morgan fingerprint density at radius 1 is 1.50 bits per heavy atom. The van der Waals surface area contributed by atoms with Crippen molar-refractivity contribution in [1.29, 1.82) is 0 Å². The third-order valence-corrected chi connectivity index (χ3v) is 2.15. The van der Waals surface area contributed by atoms with Crippen LogP contribution in [0.3, 0.4) is 0 Å². The fourth-order valence-electron chi connectivity index (χ4n) is 0.998. The lowest BCUT2D eigenvalue weighted by atomic mass is 10.0. The summed E-state index contributed by atoms with van der Waals surface area (Å²) in [6, 6.07) is 3.68. The predicted octanol–water partition coefficient (Wildman–Crippen LogP) is 2.28. The number of hydrogen-bond acceptors (Lipinski definition) is 2. The monoisotopic (exact) mass is 239 g/mol. The molecule has 80 valence electrons. The Bertz CT molecular complexity index is 307. The van der Waals surface area contributed by atoms with Gasteiger partial charge in [0, 0.05) is 0 Å². The van der Waals surface area contributed by atoms with Gasteiger partial charge in [-0.15, -0.1) is 12.4 Å². The highest BCUT2D eigenvalue weighted by Crippen LogP contribution is 2.20. The molecule has 0 aromatic heterocycles. The van der Waals surface area contributed by atoms with Crippen LogP contribution < -0.4 is 5.73 Å². The van der Waals surface area contributed by atoms with Gasteiger partial charge in [-0.25, -0.2) is 4.39 Å². The molecule has 0 saturated carbocycles. The molecular formula is C9H12Cl2FNO. The van der Waals surface area contributed by atoms with Gasteiger partial charge in [-0.3, -0.25) is 0 Å². The van der Waals surface area contributed by atoms with Gasteiger partial charge in [-0.2, -0.15) is 0 Å².